The highest BCUT2D eigenvalue weighted by atomic mass is 35.5. The Kier molecular flexibility index (Phi) is 2.47. The van der Waals surface area contributed by atoms with Gasteiger partial charge in [0.25, 0.3) is 0 Å². The molecule has 16 heavy (non-hydrogen) atoms. The van der Waals surface area contributed by atoms with Gasteiger partial charge in [-0.3, -0.25) is 0 Å². The van der Waals surface area contributed by atoms with Gasteiger partial charge in [0.05, 0.1) is 11.1 Å². The van der Waals surface area contributed by atoms with Gasteiger partial charge in [0.1, 0.15) is 0 Å². The van der Waals surface area contributed by atoms with E-state index in [0.717, 1.165) is 17.8 Å². The van der Waals surface area contributed by atoms with E-state index < -0.39 is 0 Å². The average Bonchev–Trinajstić information content (AvgIpc) is 2.25. The fraction of sp³-hybridized carbons (Fsp3) is 0.923. The van der Waals surface area contributed by atoms with Crippen molar-refractivity contribution < 1.29 is 5.21 Å². The second kappa shape index (κ2) is 3.63. The van der Waals surface area contributed by atoms with Crippen molar-refractivity contribution >= 4 is 17.3 Å². The first kappa shape index (κ1) is 10.9. The molecule has 1 atom stereocenters. The summed E-state index contributed by atoms with van der Waals surface area (Å²) in [6.07, 6.45) is 8.08. The highest BCUT2D eigenvalue weighted by Crippen LogP contribution is 2.62. The molecule has 0 aliphatic heterocycles. The predicted octanol–water partition coefficient (Wildman–Crippen LogP) is 3.66. The molecule has 4 aliphatic carbocycles. The van der Waals surface area contributed by atoms with Crippen LogP contribution in [0.5, 0.6) is 0 Å². The summed E-state index contributed by atoms with van der Waals surface area (Å²) in [5, 5.41) is 12.2. The van der Waals surface area contributed by atoms with E-state index in [1.54, 1.807) is 0 Å². The molecule has 0 saturated heterocycles. The SMILES string of the molecule is CC(=NO)C(Cl)C12CC3CC(CC(C3)C1)C2. The Labute approximate surface area is 102 Å². The van der Waals surface area contributed by atoms with Crippen LogP contribution in [0.25, 0.3) is 0 Å². The van der Waals surface area contributed by atoms with Gasteiger partial charge >= 0.3 is 0 Å². The van der Waals surface area contributed by atoms with Crippen LogP contribution in [-0.2, 0) is 0 Å². The molecular weight excluding hydrogens is 222 g/mol. The molecule has 4 bridgehead atoms. The quantitative estimate of drug-likeness (QED) is 0.340. The van der Waals surface area contributed by atoms with Gasteiger partial charge in [-0.25, -0.2) is 0 Å². The number of hydrogen-bond donors (Lipinski definition) is 1. The Morgan fingerprint density at radius 2 is 1.62 bits per heavy atom. The summed E-state index contributed by atoms with van der Waals surface area (Å²) in [6, 6.07) is 0. The molecule has 0 heterocycles. The normalized spacial score (nSPS) is 48.4. The first-order valence-corrected chi connectivity index (χ1v) is 6.89. The molecule has 1 unspecified atom stereocenters. The smallest absolute Gasteiger partial charge is 0.0804 e. The van der Waals surface area contributed by atoms with Crippen molar-refractivity contribution in [3.8, 4) is 0 Å². The molecule has 0 amide bonds. The lowest BCUT2D eigenvalue weighted by Crippen LogP contribution is -2.51. The molecule has 0 radical (unpaired) electrons. The number of nitrogens with zero attached hydrogens (tertiary/aromatic N) is 1. The lowest BCUT2D eigenvalue weighted by Gasteiger charge is -2.58. The highest BCUT2D eigenvalue weighted by molar-refractivity contribution is 6.32. The van der Waals surface area contributed by atoms with Gasteiger partial charge < -0.3 is 5.21 Å². The van der Waals surface area contributed by atoms with Gasteiger partial charge in [-0.2, -0.15) is 0 Å². The summed E-state index contributed by atoms with van der Waals surface area (Å²) >= 11 is 6.56. The molecular formula is C13H20ClNO. The molecule has 2 nitrogen and oxygen atoms in total. The van der Waals surface area contributed by atoms with E-state index in [4.69, 9.17) is 16.8 Å². The fourth-order valence-electron chi connectivity index (χ4n) is 4.98. The van der Waals surface area contributed by atoms with Crippen LogP contribution in [0.1, 0.15) is 45.4 Å². The van der Waals surface area contributed by atoms with Crippen LogP contribution < -0.4 is 0 Å². The van der Waals surface area contributed by atoms with Gasteiger partial charge in [-0.15, -0.1) is 11.6 Å². The Balaban J connectivity index is 1.88. The standard InChI is InChI=1S/C13H20ClNO/c1-8(15-16)12(14)13-5-9-2-10(6-13)4-11(3-9)7-13/h9-12,16H,2-7H2,1H3. The van der Waals surface area contributed by atoms with E-state index in [2.05, 4.69) is 5.16 Å². The maximum Gasteiger partial charge on any atom is 0.0804 e. The maximum atomic E-state index is 8.91. The molecule has 4 saturated carbocycles. The summed E-state index contributed by atoms with van der Waals surface area (Å²) in [6.45, 7) is 1.86. The molecule has 0 aromatic carbocycles. The Bertz CT molecular complexity index is 291. The third kappa shape index (κ3) is 1.49. The molecule has 3 heteroatoms. The van der Waals surface area contributed by atoms with E-state index in [0.29, 0.717) is 5.71 Å². The third-order valence-electron chi connectivity index (χ3n) is 5.15. The number of alkyl halides is 1. The van der Waals surface area contributed by atoms with Crippen molar-refractivity contribution in [3.63, 3.8) is 0 Å². The van der Waals surface area contributed by atoms with Crippen LogP contribution in [0, 0.1) is 23.2 Å². The zero-order valence-corrected chi connectivity index (χ0v) is 10.6. The number of hydrogen-bond acceptors (Lipinski definition) is 2. The number of halogens is 1. The van der Waals surface area contributed by atoms with Crippen LogP contribution in [0.3, 0.4) is 0 Å². The van der Waals surface area contributed by atoms with Crippen LogP contribution in [0.15, 0.2) is 5.16 Å². The molecule has 4 aliphatic rings. The van der Waals surface area contributed by atoms with Crippen molar-refractivity contribution in [2.45, 2.75) is 50.8 Å². The van der Waals surface area contributed by atoms with Gasteiger partial charge in [0.2, 0.25) is 0 Å². The monoisotopic (exact) mass is 241 g/mol. The molecule has 1 N–H and O–H groups in total. The van der Waals surface area contributed by atoms with Crippen LogP contribution in [0.2, 0.25) is 0 Å². The van der Waals surface area contributed by atoms with Crippen molar-refractivity contribution in [2.24, 2.45) is 28.3 Å². The minimum Gasteiger partial charge on any atom is -0.411 e. The van der Waals surface area contributed by atoms with Crippen molar-refractivity contribution in [3.05, 3.63) is 0 Å². The number of oxime groups is 1. The lowest BCUT2D eigenvalue weighted by molar-refractivity contribution is -0.0465. The van der Waals surface area contributed by atoms with Gasteiger partial charge in [0, 0.05) is 0 Å². The van der Waals surface area contributed by atoms with E-state index >= 15 is 0 Å². The van der Waals surface area contributed by atoms with E-state index in [1.165, 1.54) is 38.5 Å². The second-order valence-corrected chi connectivity index (χ2v) is 6.82. The van der Waals surface area contributed by atoms with Crippen LogP contribution in [-0.4, -0.2) is 16.3 Å². The van der Waals surface area contributed by atoms with Gasteiger partial charge in [-0.1, -0.05) is 5.16 Å². The third-order valence-corrected chi connectivity index (χ3v) is 5.93. The average molecular weight is 242 g/mol. The zero-order chi connectivity index (χ0) is 11.3. The Morgan fingerprint density at radius 1 is 1.19 bits per heavy atom. The van der Waals surface area contributed by atoms with Gasteiger partial charge in [0.15, 0.2) is 0 Å². The zero-order valence-electron chi connectivity index (χ0n) is 9.82. The first-order valence-electron chi connectivity index (χ1n) is 6.45. The summed E-state index contributed by atoms with van der Waals surface area (Å²) in [5.74, 6) is 2.71. The Hall–Kier alpha value is -0.240. The molecule has 0 spiro atoms. The molecule has 90 valence electrons. The van der Waals surface area contributed by atoms with Crippen molar-refractivity contribution in [1.29, 1.82) is 0 Å². The topological polar surface area (TPSA) is 32.6 Å². The van der Waals surface area contributed by atoms with Crippen LogP contribution in [0.4, 0.5) is 0 Å². The number of rotatable bonds is 2. The maximum absolute atomic E-state index is 8.91. The highest BCUT2D eigenvalue weighted by Gasteiger charge is 2.54. The summed E-state index contributed by atoms with van der Waals surface area (Å²) in [7, 11) is 0. The second-order valence-electron chi connectivity index (χ2n) is 6.38. The van der Waals surface area contributed by atoms with E-state index in [-0.39, 0.29) is 10.8 Å². The predicted molar refractivity (Wildman–Crippen MR) is 65.1 cm³/mol. The van der Waals surface area contributed by atoms with E-state index in [9.17, 15) is 0 Å². The van der Waals surface area contributed by atoms with Gasteiger partial charge in [-0.05, 0) is 68.6 Å². The Morgan fingerprint density at radius 3 is 2.00 bits per heavy atom. The minimum atomic E-state index is -0.0501. The largest absolute Gasteiger partial charge is 0.411 e. The molecule has 4 rings (SSSR count). The lowest BCUT2D eigenvalue weighted by atomic mass is 9.48. The minimum absolute atomic E-state index is 0.0501. The first-order chi connectivity index (χ1) is 7.63. The molecule has 0 aromatic rings. The summed E-state index contributed by atoms with van der Waals surface area (Å²) < 4.78 is 0. The van der Waals surface area contributed by atoms with Crippen molar-refractivity contribution in [1.82, 2.24) is 0 Å². The molecule has 0 aromatic heterocycles. The molecule has 4 fully saturated rings. The van der Waals surface area contributed by atoms with E-state index in [1.807, 2.05) is 6.92 Å². The van der Waals surface area contributed by atoms with Crippen LogP contribution >= 0.6 is 11.6 Å². The summed E-state index contributed by atoms with van der Waals surface area (Å²) in [4.78, 5) is 0. The fourth-order valence-corrected chi connectivity index (χ4v) is 5.29. The van der Waals surface area contributed by atoms with Crippen molar-refractivity contribution in [2.75, 3.05) is 0 Å². The summed E-state index contributed by atoms with van der Waals surface area (Å²) in [5.41, 5.74) is 0.968.